The Bertz CT molecular complexity index is 3600. The van der Waals surface area contributed by atoms with Crippen molar-refractivity contribution in [1.82, 2.24) is 19.9 Å². The summed E-state index contributed by atoms with van der Waals surface area (Å²) in [4.78, 5) is 19.8. The number of fused-ring (bicyclic) bond motifs is 14. The fourth-order valence-electron chi connectivity index (χ4n) is 9.92. The second-order valence-corrected chi connectivity index (χ2v) is 16.1. The fourth-order valence-corrected chi connectivity index (χ4v) is 9.92. The minimum Gasteiger partial charge on any atom is -0.457 e. The number of pyridine rings is 2. The van der Waals surface area contributed by atoms with E-state index in [4.69, 9.17) is 24.1 Å². The van der Waals surface area contributed by atoms with Gasteiger partial charge in [0.2, 0.25) is 0 Å². The molecule has 6 nitrogen and oxygen atoms in total. The number of aromatic nitrogens is 4. The highest BCUT2D eigenvalue weighted by Gasteiger charge is 2.49. The summed E-state index contributed by atoms with van der Waals surface area (Å²) in [5.74, 6) is 2.21. The number of hydrogen-bond acceptors (Lipinski definition) is 6. The third-order valence-electron chi connectivity index (χ3n) is 12.7. The van der Waals surface area contributed by atoms with Crippen molar-refractivity contribution in [1.29, 1.82) is 0 Å². The van der Waals surface area contributed by atoms with Crippen LogP contribution in [0.3, 0.4) is 0 Å². The molecule has 294 valence electrons. The van der Waals surface area contributed by atoms with Crippen LogP contribution in [0.5, 0.6) is 11.5 Å². The van der Waals surface area contributed by atoms with E-state index in [-0.39, 0.29) is 0 Å². The molecule has 0 radical (unpaired) electrons. The quantitative estimate of drug-likeness (QED) is 0.176. The summed E-state index contributed by atoms with van der Waals surface area (Å²) in [5.41, 5.74) is 15.9. The van der Waals surface area contributed by atoms with Gasteiger partial charge in [-0.25, -0.2) is 9.97 Å². The number of benzene rings is 7. The first-order valence-electron chi connectivity index (χ1n) is 21.1. The molecule has 1 aliphatic heterocycles. The van der Waals surface area contributed by atoms with Crippen LogP contribution in [0.1, 0.15) is 22.3 Å². The number of furan rings is 1. The topological polar surface area (TPSA) is 73.9 Å². The van der Waals surface area contributed by atoms with Crippen LogP contribution in [0.2, 0.25) is 0 Å². The molecule has 1 aliphatic carbocycles. The van der Waals surface area contributed by atoms with E-state index in [0.29, 0.717) is 5.82 Å². The van der Waals surface area contributed by atoms with Gasteiger partial charge in [0.1, 0.15) is 22.7 Å². The minimum atomic E-state index is -0.857. The van der Waals surface area contributed by atoms with Gasteiger partial charge in [-0.1, -0.05) is 127 Å². The van der Waals surface area contributed by atoms with Crippen LogP contribution in [0, 0.1) is 0 Å². The lowest BCUT2D eigenvalue weighted by atomic mass is 9.62. The highest BCUT2D eigenvalue weighted by Crippen LogP contribution is 2.61. The largest absolute Gasteiger partial charge is 0.457 e. The van der Waals surface area contributed by atoms with Crippen molar-refractivity contribution in [2.24, 2.45) is 0 Å². The van der Waals surface area contributed by atoms with E-state index >= 15 is 0 Å². The van der Waals surface area contributed by atoms with Gasteiger partial charge in [0, 0.05) is 62.7 Å². The van der Waals surface area contributed by atoms with E-state index in [1.807, 2.05) is 60.9 Å². The van der Waals surface area contributed by atoms with Crippen molar-refractivity contribution in [3.05, 3.63) is 229 Å². The molecule has 0 saturated carbocycles. The maximum absolute atomic E-state index is 6.98. The third-order valence-corrected chi connectivity index (χ3v) is 12.7. The molecule has 0 saturated heterocycles. The molecule has 7 aromatic carbocycles. The summed E-state index contributed by atoms with van der Waals surface area (Å²) in [6, 6.07) is 65.8. The Morgan fingerprint density at radius 1 is 0.381 bits per heavy atom. The molecule has 6 heteroatoms. The second kappa shape index (κ2) is 13.8. The van der Waals surface area contributed by atoms with E-state index in [1.54, 1.807) is 6.20 Å². The van der Waals surface area contributed by atoms with E-state index in [1.165, 1.54) is 5.56 Å². The van der Waals surface area contributed by atoms with Gasteiger partial charge in [-0.15, -0.1) is 0 Å². The van der Waals surface area contributed by atoms with Gasteiger partial charge >= 0.3 is 0 Å². The van der Waals surface area contributed by atoms with Gasteiger partial charge in [0.15, 0.2) is 5.82 Å². The molecule has 0 amide bonds. The maximum atomic E-state index is 6.98. The number of hydrogen-bond donors (Lipinski definition) is 0. The van der Waals surface area contributed by atoms with Gasteiger partial charge in [-0.2, -0.15) is 0 Å². The maximum Gasteiger partial charge on any atom is 0.160 e. The summed E-state index contributed by atoms with van der Waals surface area (Å²) in [6.07, 6.45) is 5.48. The Kier molecular flexibility index (Phi) is 7.72. The lowest BCUT2D eigenvalue weighted by Crippen LogP contribution is -2.34. The van der Waals surface area contributed by atoms with Crippen molar-refractivity contribution in [3.63, 3.8) is 0 Å². The zero-order valence-corrected chi connectivity index (χ0v) is 33.7. The first kappa shape index (κ1) is 35.3. The zero-order chi connectivity index (χ0) is 41.5. The van der Waals surface area contributed by atoms with Gasteiger partial charge in [-0.3, -0.25) is 9.97 Å². The van der Waals surface area contributed by atoms with Crippen LogP contribution < -0.4 is 4.74 Å². The first-order valence-corrected chi connectivity index (χ1v) is 21.1. The summed E-state index contributed by atoms with van der Waals surface area (Å²) < 4.78 is 13.6. The van der Waals surface area contributed by atoms with Crippen LogP contribution in [-0.2, 0) is 5.41 Å². The van der Waals surface area contributed by atoms with Crippen molar-refractivity contribution in [3.8, 4) is 78.9 Å². The smallest absolute Gasteiger partial charge is 0.160 e. The normalized spacial score (nSPS) is 14.5. The van der Waals surface area contributed by atoms with Crippen LogP contribution in [0.15, 0.2) is 211 Å². The number of rotatable bonds is 4. The second-order valence-electron chi connectivity index (χ2n) is 16.1. The van der Waals surface area contributed by atoms with E-state index < -0.39 is 5.41 Å². The Morgan fingerprint density at radius 2 is 1.06 bits per heavy atom. The predicted octanol–water partition coefficient (Wildman–Crippen LogP) is 14.0. The lowest BCUT2D eigenvalue weighted by molar-refractivity contribution is 0.435. The first-order chi connectivity index (χ1) is 31.2. The van der Waals surface area contributed by atoms with Crippen LogP contribution in [-0.4, -0.2) is 19.9 Å². The summed E-state index contributed by atoms with van der Waals surface area (Å²) in [6.45, 7) is 0. The molecular weight excluding hydrogens is 773 g/mol. The summed E-state index contributed by atoms with van der Waals surface area (Å²) >= 11 is 0. The monoisotopic (exact) mass is 806 g/mol. The lowest BCUT2D eigenvalue weighted by Gasteiger charge is -2.42. The number of nitrogens with zero attached hydrogens (tertiary/aromatic N) is 4. The molecule has 2 aliphatic rings. The summed E-state index contributed by atoms with van der Waals surface area (Å²) in [5, 5.41) is 2.07. The predicted molar refractivity (Wildman–Crippen MR) is 249 cm³/mol. The van der Waals surface area contributed by atoms with E-state index in [2.05, 4.69) is 145 Å². The van der Waals surface area contributed by atoms with Crippen molar-refractivity contribution < 1.29 is 9.15 Å². The molecule has 1 atom stereocenters. The van der Waals surface area contributed by atoms with Gasteiger partial charge in [0.25, 0.3) is 0 Å². The SMILES string of the molecule is c1ccc(-c2cc(-c3ccc(-c4cccnc4)nc3)nc(-c3ccc4c(c3)C3(c5ccccc5Oc5cc6c(cc53)oc3ccccc36)c3ccccc3-c3ccccc3-4)n2)cc1. The fraction of sp³-hybridized carbons (Fsp3) is 0.0175. The molecular formula is C57H34N4O2. The highest BCUT2D eigenvalue weighted by atomic mass is 16.5. The highest BCUT2D eigenvalue weighted by molar-refractivity contribution is 6.06. The Morgan fingerprint density at radius 3 is 1.87 bits per heavy atom. The molecule has 13 rings (SSSR count). The van der Waals surface area contributed by atoms with Crippen molar-refractivity contribution in [2.45, 2.75) is 5.41 Å². The molecule has 5 heterocycles. The van der Waals surface area contributed by atoms with Crippen molar-refractivity contribution in [2.75, 3.05) is 0 Å². The average Bonchev–Trinajstić information content (AvgIpc) is 3.68. The molecule has 11 aromatic rings. The standard InChI is InChI=1S/C57H34N4O2/c1-2-13-35(14-3-1)50-32-51(38-25-27-49(59-34-38)37-15-12-28-58-33-37)61-56(60-50)36-24-26-42-40-17-5-4-16-39(40)41-18-6-8-20-45(41)57(47(42)29-36)46-21-9-11-23-53(46)63-55-30-44-43-19-7-10-22-52(43)62-54(44)31-48(55)57/h1-34H. The van der Waals surface area contributed by atoms with Crippen LogP contribution in [0.25, 0.3) is 89.4 Å². The van der Waals surface area contributed by atoms with Crippen LogP contribution >= 0.6 is 0 Å². The van der Waals surface area contributed by atoms with E-state index in [0.717, 1.165) is 112 Å². The van der Waals surface area contributed by atoms with Crippen LogP contribution in [0.4, 0.5) is 0 Å². The molecule has 0 bridgehead atoms. The summed E-state index contributed by atoms with van der Waals surface area (Å²) in [7, 11) is 0. The zero-order valence-electron chi connectivity index (χ0n) is 33.7. The Hall–Kier alpha value is -8.48. The van der Waals surface area contributed by atoms with E-state index in [9.17, 15) is 0 Å². The molecule has 63 heavy (non-hydrogen) atoms. The van der Waals surface area contributed by atoms with Gasteiger partial charge in [0.05, 0.1) is 22.5 Å². The third kappa shape index (κ3) is 5.38. The molecule has 1 spiro atoms. The molecule has 1 unspecified atom stereocenters. The van der Waals surface area contributed by atoms with Crippen molar-refractivity contribution >= 4 is 21.9 Å². The molecule has 0 fully saturated rings. The number of ether oxygens (including phenoxy) is 1. The number of para-hydroxylation sites is 2. The molecule has 4 aromatic heterocycles. The average molecular weight is 807 g/mol. The Labute approximate surface area is 362 Å². The Balaban J connectivity index is 1.11. The van der Waals surface area contributed by atoms with Gasteiger partial charge in [-0.05, 0) is 94.0 Å². The van der Waals surface area contributed by atoms with Gasteiger partial charge < -0.3 is 9.15 Å². The molecule has 0 N–H and O–H groups in total. The minimum absolute atomic E-state index is 0.611.